The first-order valence-corrected chi connectivity index (χ1v) is 33.2. The molecule has 0 saturated heterocycles. The summed E-state index contributed by atoms with van der Waals surface area (Å²) in [6, 6.07) is 0. The number of carbonyl (C=O) groups is 13. The third-order valence-corrected chi connectivity index (χ3v) is 17.9. The molecule has 108 heavy (non-hydrogen) atoms. The molecule has 0 aliphatic rings. The van der Waals surface area contributed by atoms with Crippen LogP contribution in [0.4, 0.5) is 0 Å². The smallest absolute Gasteiger partial charge is 0.318 e. The van der Waals surface area contributed by atoms with Crippen molar-refractivity contribution < 1.29 is 201 Å². The maximum atomic E-state index is 14.3. The van der Waals surface area contributed by atoms with Gasteiger partial charge in [-0.3, -0.25) is 62.3 Å². The van der Waals surface area contributed by atoms with Gasteiger partial charge < -0.3 is 138 Å². The van der Waals surface area contributed by atoms with Gasteiger partial charge in [-0.2, -0.15) is 0 Å². The molecule has 0 bridgehead atoms. The van der Waals surface area contributed by atoms with Gasteiger partial charge in [0.1, 0.15) is 156 Å². The summed E-state index contributed by atoms with van der Waals surface area (Å²) >= 11 is 0. The molecule has 0 amide bonds. The molecule has 624 valence electrons. The highest BCUT2D eigenvalue weighted by Gasteiger charge is 2.51. The van der Waals surface area contributed by atoms with Crippen LogP contribution < -0.4 is 0 Å². The largest absolute Gasteiger partial charge is 0.464 e. The number of aliphatic hydroxyl groups is 15. The van der Waals surface area contributed by atoms with Gasteiger partial charge in [-0.1, -0.05) is 0 Å². The summed E-state index contributed by atoms with van der Waals surface area (Å²) in [5, 5.41) is 149. The Kier molecular flexibility index (Phi) is 39.7. The SMILES string of the molecule is CC(CO)(CO)C(=O)OCC(C)(CO)C(=O)OCC(C)(CO)C(=O)OCC(C)(COC(=O)C(C)(CO)COC(=O)C(C)(CO)COC(=O)C(C)(CO)CO)C(=O)OCCOC(=O)C(C)(COC(=O)C(C)(CO)CO)COC(=O)C(C)(COC(=O)C(C)(CO)CO)COC(=O)C(C)(CO)COC(=O)C(C)(CO)CO. The van der Waals surface area contributed by atoms with Crippen LogP contribution in [0.1, 0.15) is 90.0 Å². The minimum Gasteiger partial charge on any atom is -0.464 e. The maximum absolute atomic E-state index is 14.3. The van der Waals surface area contributed by atoms with Crippen molar-refractivity contribution in [3.63, 3.8) is 0 Å². The van der Waals surface area contributed by atoms with Gasteiger partial charge in [0.2, 0.25) is 0 Å². The lowest BCUT2D eigenvalue weighted by atomic mass is 9.89. The van der Waals surface area contributed by atoms with Crippen LogP contribution in [-0.2, 0) is 124 Å². The lowest BCUT2D eigenvalue weighted by Gasteiger charge is -2.33. The topological polar surface area (TPSA) is 645 Å². The molecule has 0 aromatic heterocycles. The number of carbonyl (C=O) groups excluding carboxylic acids is 13. The van der Waals surface area contributed by atoms with E-state index in [1.807, 2.05) is 0 Å². The molecule has 0 radical (unpaired) electrons. The zero-order chi connectivity index (χ0) is 84.0. The van der Waals surface area contributed by atoms with E-state index < -0.39 is 333 Å². The Balaban J connectivity index is 7.53. The van der Waals surface area contributed by atoms with Crippen LogP contribution >= 0.6 is 0 Å². The fourth-order valence-corrected chi connectivity index (χ4v) is 7.23. The number of hydrogen-bond donors (Lipinski definition) is 15. The Hall–Kier alpha value is -7.49. The average molecular weight is 1570 g/mol. The maximum Gasteiger partial charge on any atom is 0.318 e. The van der Waals surface area contributed by atoms with Gasteiger partial charge >= 0.3 is 77.6 Å². The third-order valence-electron chi connectivity index (χ3n) is 17.9. The van der Waals surface area contributed by atoms with Crippen molar-refractivity contribution in [2.24, 2.45) is 70.4 Å². The quantitative estimate of drug-likeness (QED) is 0.0153. The van der Waals surface area contributed by atoms with E-state index in [9.17, 15) is 139 Å². The van der Waals surface area contributed by atoms with Gasteiger partial charge in [0, 0.05) is 0 Å². The van der Waals surface area contributed by atoms with Gasteiger partial charge in [0.05, 0.1) is 99.1 Å². The molecule has 0 aliphatic heterocycles. The molecule has 0 saturated carbocycles. The van der Waals surface area contributed by atoms with Crippen molar-refractivity contribution in [3.05, 3.63) is 0 Å². The Morgan fingerprint density at radius 1 is 0.148 bits per heavy atom. The van der Waals surface area contributed by atoms with Crippen LogP contribution in [0.25, 0.3) is 0 Å². The predicted octanol–water partition coefficient (Wildman–Crippen LogP) is -6.99. The fraction of sp³-hybridized carbons (Fsp3) is 0.806. The van der Waals surface area contributed by atoms with Gasteiger partial charge in [-0.05, 0) is 90.0 Å². The van der Waals surface area contributed by atoms with E-state index in [2.05, 4.69) is 0 Å². The Labute approximate surface area is 621 Å². The highest BCUT2D eigenvalue weighted by molar-refractivity contribution is 5.86. The summed E-state index contributed by atoms with van der Waals surface area (Å²) in [5.74, 6) is -17.7. The van der Waals surface area contributed by atoms with Crippen molar-refractivity contribution in [2.75, 3.05) is 185 Å². The van der Waals surface area contributed by atoms with Gasteiger partial charge in [0.15, 0.2) is 0 Å². The number of esters is 13. The lowest BCUT2D eigenvalue weighted by molar-refractivity contribution is -0.190. The standard InChI is InChI=1S/C67H110O41/c1-55(16-68,17-69)42(83)98-31-60(6,26-78)47(88)101-34-63(9,29-81)50(91)105-37-66(12,38-106-51(92)64(10,30-82)35-102-48(89)61(7,27-79)32-99-43(84)56(2,18-70)19-71)53(94)97-15-14-96-52(93)65(11,36-103-45(86)58(4,22-74)23-75)39-108-54(95)67(13,40-104-46(87)59(5,24-76)25-77)41-107-49(90)62(8,28-80)33-100-44(85)57(3,20-72)21-73/h68-82H,14-41H2,1-13H3. The third kappa shape index (κ3) is 26.4. The van der Waals surface area contributed by atoms with Crippen LogP contribution in [0.3, 0.4) is 0 Å². The first-order chi connectivity index (χ1) is 49.9. The first-order valence-electron chi connectivity index (χ1n) is 33.2. The predicted molar refractivity (Wildman–Crippen MR) is 354 cm³/mol. The molecule has 0 aromatic rings. The van der Waals surface area contributed by atoms with E-state index in [4.69, 9.17) is 61.6 Å². The average Bonchev–Trinajstić information content (AvgIpc) is 1.29. The number of hydrogen-bond acceptors (Lipinski definition) is 41. The summed E-state index contributed by atoms with van der Waals surface area (Å²) in [6.45, 7) is -15.6. The monoisotopic (exact) mass is 1570 g/mol. The number of ether oxygens (including phenoxy) is 13. The second kappa shape index (κ2) is 42.6. The Morgan fingerprint density at radius 3 is 0.343 bits per heavy atom. The van der Waals surface area contributed by atoms with Crippen LogP contribution in [0.15, 0.2) is 0 Å². The van der Waals surface area contributed by atoms with E-state index in [0.717, 1.165) is 90.0 Å². The minimum atomic E-state index is -2.46. The van der Waals surface area contributed by atoms with Gasteiger partial charge in [-0.15, -0.1) is 0 Å². The highest BCUT2D eigenvalue weighted by Crippen LogP contribution is 2.34. The van der Waals surface area contributed by atoms with E-state index in [0.29, 0.717) is 0 Å². The van der Waals surface area contributed by atoms with Crippen molar-refractivity contribution in [2.45, 2.75) is 90.0 Å². The lowest BCUT2D eigenvalue weighted by Crippen LogP contribution is -2.48. The first kappa shape index (κ1) is 101. The van der Waals surface area contributed by atoms with E-state index >= 15 is 0 Å². The number of rotatable bonds is 53. The Morgan fingerprint density at radius 2 is 0.231 bits per heavy atom. The molecule has 0 aromatic carbocycles. The molecule has 7 atom stereocenters. The summed E-state index contributed by atoms with van der Waals surface area (Å²) in [6.07, 6.45) is 0. The molecular weight excluding hydrogens is 1460 g/mol. The van der Waals surface area contributed by atoms with Crippen molar-refractivity contribution >= 4 is 77.6 Å². The molecule has 7 unspecified atom stereocenters. The molecule has 41 heteroatoms. The summed E-state index contributed by atoms with van der Waals surface area (Å²) < 4.78 is 68.8. The second-order valence-electron chi connectivity index (χ2n) is 30.3. The van der Waals surface area contributed by atoms with E-state index in [1.165, 1.54) is 0 Å². The minimum absolute atomic E-state index is 0.890. The molecule has 0 rings (SSSR count). The highest BCUT2D eigenvalue weighted by atomic mass is 16.6. The fourth-order valence-electron chi connectivity index (χ4n) is 7.23. The van der Waals surface area contributed by atoms with Gasteiger partial charge in [0.25, 0.3) is 0 Å². The molecule has 15 N–H and O–H groups in total. The molecule has 0 heterocycles. The summed E-state index contributed by atoms with van der Waals surface area (Å²) in [7, 11) is 0. The summed E-state index contributed by atoms with van der Waals surface area (Å²) in [4.78, 5) is 176. The summed E-state index contributed by atoms with van der Waals surface area (Å²) in [5.41, 5.74) is -27.7. The van der Waals surface area contributed by atoms with Crippen molar-refractivity contribution in [1.29, 1.82) is 0 Å². The van der Waals surface area contributed by atoms with Crippen molar-refractivity contribution in [3.8, 4) is 0 Å². The zero-order valence-electron chi connectivity index (χ0n) is 63.1. The van der Waals surface area contributed by atoms with E-state index in [1.54, 1.807) is 0 Å². The molecule has 0 spiro atoms. The van der Waals surface area contributed by atoms with Gasteiger partial charge in [-0.25, -0.2) is 0 Å². The van der Waals surface area contributed by atoms with Crippen LogP contribution in [0.2, 0.25) is 0 Å². The zero-order valence-corrected chi connectivity index (χ0v) is 63.1. The Bertz CT molecular complexity index is 2930. The van der Waals surface area contributed by atoms with Crippen molar-refractivity contribution in [1.82, 2.24) is 0 Å². The molecule has 41 nitrogen and oxygen atoms in total. The molecule has 0 fully saturated rings. The second-order valence-corrected chi connectivity index (χ2v) is 30.3. The van der Waals surface area contributed by atoms with Crippen LogP contribution in [-0.4, -0.2) is 339 Å². The number of aliphatic hydroxyl groups excluding tert-OH is 15. The van der Waals surface area contributed by atoms with Crippen LogP contribution in [0.5, 0.6) is 0 Å². The molecular formula is C67H110O41. The normalized spacial score (nSPS) is 16.6. The van der Waals surface area contributed by atoms with Crippen LogP contribution in [0, 0.1) is 70.4 Å². The van der Waals surface area contributed by atoms with E-state index in [-0.39, 0.29) is 0 Å². The molecule has 0 aliphatic carbocycles.